The predicted molar refractivity (Wildman–Crippen MR) is 76.5 cm³/mol. The first-order chi connectivity index (χ1) is 8.61. The molecule has 1 aromatic rings. The topological polar surface area (TPSA) is 16.1 Å². The molecule has 0 saturated carbocycles. The molecular weight excluding hydrogens is 220 g/mol. The van der Waals surface area contributed by atoms with Crippen LogP contribution in [0.5, 0.6) is 0 Å². The maximum Gasteiger partial charge on any atom is 0.128 e. The zero-order chi connectivity index (χ0) is 13.1. The number of aromatic nitrogens is 1. The number of nitrogens with zero attached hydrogens (tertiary/aromatic N) is 2. The average Bonchev–Trinajstić information content (AvgIpc) is 2.39. The van der Waals surface area contributed by atoms with Gasteiger partial charge in [0.05, 0.1) is 0 Å². The molecule has 1 aliphatic rings. The molecule has 1 aliphatic heterocycles. The summed E-state index contributed by atoms with van der Waals surface area (Å²) >= 11 is 0. The Hall–Kier alpha value is -1.49. The monoisotopic (exact) mass is 242 g/mol. The van der Waals surface area contributed by atoms with Crippen molar-refractivity contribution in [1.82, 2.24) is 4.98 Å². The predicted octanol–water partition coefficient (Wildman–Crippen LogP) is 3.18. The highest BCUT2D eigenvalue weighted by Crippen LogP contribution is 2.31. The SMILES string of the molecule is C#Cc1ccc(N2CCC(C)C(C(C)C)C2)nc1. The van der Waals surface area contributed by atoms with Crippen molar-refractivity contribution in [2.75, 3.05) is 18.0 Å². The van der Waals surface area contributed by atoms with E-state index in [1.165, 1.54) is 6.42 Å². The van der Waals surface area contributed by atoms with Crippen molar-refractivity contribution in [3.05, 3.63) is 23.9 Å². The van der Waals surface area contributed by atoms with Gasteiger partial charge in [-0.25, -0.2) is 4.98 Å². The van der Waals surface area contributed by atoms with Gasteiger partial charge in [0.2, 0.25) is 0 Å². The number of hydrogen-bond acceptors (Lipinski definition) is 2. The molecule has 2 rings (SSSR count). The summed E-state index contributed by atoms with van der Waals surface area (Å²) in [6.45, 7) is 9.23. The van der Waals surface area contributed by atoms with Crippen LogP contribution >= 0.6 is 0 Å². The molecule has 1 aromatic heterocycles. The second-order valence-electron chi connectivity index (χ2n) is 5.67. The van der Waals surface area contributed by atoms with Crippen molar-refractivity contribution in [2.24, 2.45) is 17.8 Å². The number of rotatable bonds is 2. The lowest BCUT2D eigenvalue weighted by molar-refractivity contribution is 0.232. The molecule has 2 unspecified atom stereocenters. The smallest absolute Gasteiger partial charge is 0.128 e. The fraction of sp³-hybridized carbons (Fsp3) is 0.562. The van der Waals surface area contributed by atoms with Crippen LogP contribution in [-0.2, 0) is 0 Å². The maximum absolute atomic E-state index is 5.35. The van der Waals surface area contributed by atoms with E-state index in [0.717, 1.165) is 42.2 Å². The molecule has 1 saturated heterocycles. The van der Waals surface area contributed by atoms with Crippen molar-refractivity contribution in [1.29, 1.82) is 0 Å². The normalized spacial score (nSPS) is 24.1. The summed E-state index contributed by atoms with van der Waals surface area (Å²) in [5.41, 5.74) is 0.851. The van der Waals surface area contributed by atoms with Gasteiger partial charge in [-0.2, -0.15) is 0 Å². The molecule has 0 aliphatic carbocycles. The third-order valence-electron chi connectivity index (χ3n) is 4.11. The minimum absolute atomic E-state index is 0.729. The van der Waals surface area contributed by atoms with Crippen molar-refractivity contribution < 1.29 is 0 Å². The molecule has 1 fully saturated rings. The standard InChI is InChI=1S/C16H22N2/c1-5-14-6-7-16(17-10-14)18-9-8-13(4)15(11-18)12(2)3/h1,6-7,10,12-13,15H,8-9,11H2,2-4H3. The second kappa shape index (κ2) is 5.44. The Labute approximate surface area is 110 Å². The fourth-order valence-electron chi connectivity index (χ4n) is 2.83. The Morgan fingerprint density at radius 3 is 2.78 bits per heavy atom. The Balaban J connectivity index is 2.11. The number of pyridine rings is 1. The highest BCUT2D eigenvalue weighted by Gasteiger charge is 2.28. The molecule has 2 atom stereocenters. The largest absolute Gasteiger partial charge is 0.356 e. The summed E-state index contributed by atoms with van der Waals surface area (Å²) in [5, 5.41) is 0. The minimum Gasteiger partial charge on any atom is -0.356 e. The van der Waals surface area contributed by atoms with E-state index >= 15 is 0 Å². The van der Waals surface area contributed by atoms with Crippen LogP contribution in [0.25, 0.3) is 0 Å². The van der Waals surface area contributed by atoms with Crippen LogP contribution in [0.2, 0.25) is 0 Å². The van der Waals surface area contributed by atoms with E-state index in [1.54, 1.807) is 6.20 Å². The molecule has 2 nitrogen and oxygen atoms in total. The maximum atomic E-state index is 5.35. The van der Waals surface area contributed by atoms with Crippen LogP contribution in [0.15, 0.2) is 18.3 Å². The van der Waals surface area contributed by atoms with Crippen LogP contribution in [-0.4, -0.2) is 18.1 Å². The van der Waals surface area contributed by atoms with Crippen molar-refractivity contribution >= 4 is 5.82 Å². The van der Waals surface area contributed by atoms with Gasteiger partial charge in [0.25, 0.3) is 0 Å². The third-order valence-corrected chi connectivity index (χ3v) is 4.11. The van der Waals surface area contributed by atoms with Crippen LogP contribution in [0.1, 0.15) is 32.8 Å². The molecule has 0 N–H and O–H groups in total. The van der Waals surface area contributed by atoms with Crippen molar-refractivity contribution in [3.63, 3.8) is 0 Å². The summed E-state index contributed by atoms with van der Waals surface area (Å²) < 4.78 is 0. The van der Waals surface area contributed by atoms with Crippen LogP contribution in [0.4, 0.5) is 5.82 Å². The molecule has 0 bridgehead atoms. The molecule has 0 aromatic carbocycles. The first-order valence-corrected chi connectivity index (χ1v) is 6.79. The van der Waals surface area contributed by atoms with E-state index in [0.29, 0.717) is 0 Å². The van der Waals surface area contributed by atoms with Crippen LogP contribution < -0.4 is 4.90 Å². The Kier molecular flexibility index (Phi) is 3.91. The van der Waals surface area contributed by atoms with Gasteiger partial charge in [-0.05, 0) is 36.3 Å². The Morgan fingerprint density at radius 1 is 1.44 bits per heavy atom. The Bertz CT molecular complexity index is 427. The van der Waals surface area contributed by atoms with Crippen molar-refractivity contribution in [3.8, 4) is 12.3 Å². The molecule has 18 heavy (non-hydrogen) atoms. The van der Waals surface area contributed by atoms with Gasteiger partial charge in [0.1, 0.15) is 5.82 Å². The molecule has 0 radical (unpaired) electrons. The quantitative estimate of drug-likeness (QED) is 0.740. The lowest BCUT2D eigenvalue weighted by atomic mass is 9.79. The molecule has 2 heterocycles. The molecule has 96 valence electrons. The summed E-state index contributed by atoms with van der Waals surface area (Å²) in [5.74, 6) is 5.97. The highest BCUT2D eigenvalue weighted by molar-refractivity contribution is 5.43. The van der Waals surface area contributed by atoms with Crippen LogP contribution in [0.3, 0.4) is 0 Å². The first-order valence-electron chi connectivity index (χ1n) is 6.79. The summed E-state index contributed by atoms with van der Waals surface area (Å²) in [6.07, 6.45) is 8.40. The number of terminal acetylenes is 1. The van der Waals surface area contributed by atoms with Gasteiger partial charge in [-0.1, -0.05) is 26.7 Å². The van der Waals surface area contributed by atoms with E-state index in [-0.39, 0.29) is 0 Å². The zero-order valence-corrected chi connectivity index (χ0v) is 11.6. The summed E-state index contributed by atoms with van der Waals surface area (Å²) in [7, 11) is 0. The number of piperidine rings is 1. The van der Waals surface area contributed by atoms with Gasteiger partial charge < -0.3 is 4.90 Å². The molecule has 0 spiro atoms. The van der Waals surface area contributed by atoms with Gasteiger partial charge in [0, 0.05) is 24.8 Å². The number of hydrogen-bond donors (Lipinski definition) is 0. The molecule has 2 heteroatoms. The Morgan fingerprint density at radius 2 is 2.22 bits per heavy atom. The molecular formula is C16H22N2. The number of anilines is 1. The van der Waals surface area contributed by atoms with E-state index in [1.807, 2.05) is 12.1 Å². The van der Waals surface area contributed by atoms with Gasteiger partial charge >= 0.3 is 0 Å². The highest BCUT2D eigenvalue weighted by atomic mass is 15.2. The van der Waals surface area contributed by atoms with Crippen molar-refractivity contribution in [2.45, 2.75) is 27.2 Å². The van der Waals surface area contributed by atoms with Crippen LogP contribution in [0, 0.1) is 30.1 Å². The average molecular weight is 242 g/mol. The third kappa shape index (κ3) is 2.67. The first kappa shape index (κ1) is 13.0. The van der Waals surface area contributed by atoms with E-state index < -0.39 is 0 Å². The zero-order valence-electron chi connectivity index (χ0n) is 11.6. The minimum atomic E-state index is 0.729. The summed E-state index contributed by atoms with van der Waals surface area (Å²) in [4.78, 5) is 6.87. The fourth-order valence-corrected chi connectivity index (χ4v) is 2.83. The second-order valence-corrected chi connectivity index (χ2v) is 5.67. The van der Waals surface area contributed by atoms with E-state index in [4.69, 9.17) is 6.42 Å². The van der Waals surface area contributed by atoms with Gasteiger partial charge in [-0.3, -0.25) is 0 Å². The van der Waals surface area contributed by atoms with E-state index in [9.17, 15) is 0 Å². The molecule has 0 amide bonds. The summed E-state index contributed by atoms with van der Waals surface area (Å²) in [6, 6.07) is 4.02. The van der Waals surface area contributed by atoms with E-state index in [2.05, 4.69) is 36.6 Å². The lowest BCUT2D eigenvalue weighted by Gasteiger charge is -2.39. The van der Waals surface area contributed by atoms with Gasteiger partial charge in [0.15, 0.2) is 0 Å². The lowest BCUT2D eigenvalue weighted by Crippen LogP contribution is -2.42. The van der Waals surface area contributed by atoms with Gasteiger partial charge in [-0.15, -0.1) is 6.42 Å².